The van der Waals surface area contributed by atoms with E-state index >= 15 is 0 Å². The Hall–Kier alpha value is -1.19. The largest absolute Gasteiger partial charge is 0.503 e. The molecule has 0 saturated heterocycles. The van der Waals surface area contributed by atoms with E-state index in [2.05, 4.69) is 0 Å². The van der Waals surface area contributed by atoms with Crippen LogP contribution in [-0.4, -0.2) is 5.11 Å². The summed E-state index contributed by atoms with van der Waals surface area (Å²) in [4.78, 5) is 0. The lowest BCUT2D eigenvalue weighted by molar-refractivity contribution is 0.366. The molecule has 4 heteroatoms. The Bertz CT molecular complexity index is 367. The maximum absolute atomic E-state index is 13.2. The highest BCUT2D eigenvalue weighted by molar-refractivity contribution is 5.35. The quantitative estimate of drug-likeness (QED) is 0.644. The van der Waals surface area contributed by atoms with E-state index in [9.17, 15) is 13.2 Å². The van der Waals surface area contributed by atoms with Crippen molar-refractivity contribution < 1.29 is 18.3 Å². The molecule has 0 spiro atoms. The lowest BCUT2D eigenvalue weighted by Gasteiger charge is -2.20. The number of aromatic hydroxyl groups is 1. The van der Waals surface area contributed by atoms with Crippen LogP contribution in [0.4, 0.5) is 13.2 Å². The van der Waals surface area contributed by atoms with Gasteiger partial charge in [-0.1, -0.05) is 20.8 Å². The first-order valence-electron chi connectivity index (χ1n) is 4.12. The minimum Gasteiger partial charge on any atom is -0.503 e. The summed E-state index contributed by atoms with van der Waals surface area (Å²) < 4.78 is 39.0. The summed E-state index contributed by atoms with van der Waals surface area (Å²) in [5.41, 5.74) is -0.801. The smallest absolute Gasteiger partial charge is 0.203 e. The maximum Gasteiger partial charge on any atom is 0.203 e. The highest BCUT2D eigenvalue weighted by atomic mass is 19.2. The number of phenolic OH excluding ortho intramolecular Hbond substituents is 1. The van der Waals surface area contributed by atoms with Crippen LogP contribution in [-0.2, 0) is 5.41 Å². The summed E-state index contributed by atoms with van der Waals surface area (Å²) in [6.45, 7) is 4.88. The van der Waals surface area contributed by atoms with Gasteiger partial charge in [-0.3, -0.25) is 0 Å². The average Bonchev–Trinajstić information content (AvgIpc) is 2.06. The predicted molar refractivity (Wildman–Crippen MR) is 46.7 cm³/mol. The summed E-state index contributed by atoms with van der Waals surface area (Å²) in [6, 6.07) is 0.813. The summed E-state index contributed by atoms with van der Waals surface area (Å²) in [7, 11) is 0. The molecule has 0 aliphatic rings. The fraction of sp³-hybridized carbons (Fsp3) is 0.400. The van der Waals surface area contributed by atoms with E-state index in [1.54, 1.807) is 20.8 Å². The molecule has 0 heterocycles. The Morgan fingerprint density at radius 2 is 1.57 bits per heavy atom. The first-order valence-corrected chi connectivity index (χ1v) is 4.12. The second-order valence-electron chi connectivity index (χ2n) is 4.13. The van der Waals surface area contributed by atoms with Crippen LogP contribution in [0.15, 0.2) is 6.07 Å². The fourth-order valence-electron chi connectivity index (χ4n) is 1.13. The molecule has 0 aromatic heterocycles. The van der Waals surface area contributed by atoms with Crippen LogP contribution >= 0.6 is 0 Å². The van der Waals surface area contributed by atoms with Gasteiger partial charge in [0.2, 0.25) is 5.82 Å². The van der Waals surface area contributed by atoms with E-state index in [0.717, 1.165) is 6.07 Å². The second kappa shape index (κ2) is 3.19. The van der Waals surface area contributed by atoms with Crippen molar-refractivity contribution in [1.29, 1.82) is 0 Å². The van der Waals surface area contributed by atoms with Crippen molar-refractivity contribution in [2.45, 2.75) is 26.2 Å². The fourth-order valence-corrected chi connectivity index (χ4v) is 1.13. The van der Waals surface area contributed by atoms with E-state index in [1.165, 1.54) is 0 Å². The van der Waals surface area contributed by atoms with Gasteiger partial charge in [0.05, 0.1) is 0 Å². The van der Waals surface area contributed by atoms with Crippen LogP contribution in [0.3, 0.4) is 0 Å². The second-order valence-corrected chi connectivity index (χ2v) is 4.13. The number of halogens is 3. The van der Waals surface area contributed by atoms with Crippen molar-refractivity contribution in [3.05, 3.63) is 29.1 Å². The zero-order chi connectivity index (χ0) is 11.1. The summed E-state index contributed by atoms with van der Waals surface area (Å²) in [5, 5.41) is 8.79. The van der Waals surface area contributed by atoms with Crippen molar-refractivity contribution in [3.8, 4) is 5.75 Å². The topological polar surface area (TPSA) is 20.2 Å². The number of phenols is 1. The van der Waals surface area contributed by atoms with Crippen molar-refractivity contribution in [3.63, 3.8) is 0 Å². The standard InChI is InChI=1S/C10H11F3O/c1-10(2,3)5-4-6(11)9(14)8(13)7(5)12/h4,14H,1-3H3. The Morgan fingerprint density at radius 3 is 2.00 bits per heavy atom. The first-order chi connectivity index (χ1) is 6.25. The average molecular weight is 204 g/mol. The van der Waals surface area contributed by atoms with Crippen molar-refractivity contribution in [2.75, 3.05) is 0 Å². The molecule has 0 bridgehead atoms. The van der Waals surface area contributed by atoms with Gasteiger partial charge in [-0.2, -0.15) is 4.39 Å². The highest BCUT2D eigenvalue weighted by Gasteiger charge is 2.25. The normalized spacial score (nSPS) is 11.9. The maximum atomic E-state index is 13.2. The van der Waals surface area contributed by atoms with E-state index in [-0.39, 0.29) is 5.56 Å². The minimum absolute atomic E-state index is 0.0923. The summed E-state index contributed by atoms with van der Waals surface area (Å²) in [6.07, 6.45) is 0. The summed E-state index contributed by atoms with van der Waals surface area (Å²) >= 11 is 0. The summed E-state index contributed by atoms with van der Waals surface area (Å²) in [5.74, 6) is -5.14. The molecule has 0 saturated carbocycles. The molecule has 0 radical (unpaired) electrons. The van der Waals surface area contributed by atoms with Crippen molar-refractivity contribution in [1.82, 2.24) is 0 Å². The van der Waals surface area contributed by atoms with Gasteiger partial charge < -0.3 is 5.11 Å². The highest BCUT2D eigenvalue weighted by Crippen LogP contribution is 2.32. The molecular formula is C10H11F3O. The van der Waals surface area contributed by atoms with Gasteiger partial charge >= 0.3 is 0 Å². The van der Waals surface area contributed by atoms with Crippen LogP contribution in [0.1, 0.15) is 26.3 Å². The molecule has 0 unspecified atom stereocenters. The predicted octanol–water partition coefficient (Wildman–Crippen LogP) is 3.11. The van der Waals surface area contributed by atoms with Gasteiger partial charge in [-0.15, -0.1) is 0 Å². The number of hydrogen-bond donors (Lipinski definition) is 1. The molecule has 0 atom stereocenters. The third-order valence-corrected chi connectivity index (χ3v) is 1.94. The molecule has 1 aromatic rings. The molecule has 0 fully saturated rings. The molecule has 1 nitrogen and oxygen atoms in total. The number of hydrogen-bond acceptors (Lipinski definition) is 1. The molecule has 14 heavy (non-hydrogen) atoms. The van der Waals surface area contributed by atoms with Gasteiger partial charge in [0.1, 0.15) is 0 Å². The van der Waals surface area contributed by atoms with Crippen molar-refractivity contribution >= 4 is 0 Å². The molecule has 0 aliphatic heterocycles. The Balaban J connectivity index is 3.49. The Morgan fingerprint density at radius 1 is 1.07 bits per heavy atom. The number of benzene rings is 1. The van der Waals surface area contributed by atoms with Gasteiger partial charge in [0.25, 0.3) is 0 Å². The van der Waals surface area contributed by atoms with Crippen LogP contribution in [0.2, 0.25) is 0 Å². The van der Waals surface area contributed by atoms with E-state index < -0.39 is 28.6 Å². The Labute approximate surface area is 80.2 Å². The molecular weight excluding hydrogens is 193 g/mol. The molecule has 78 valence electrons. The molecule has 1 aromatic carbocycles. The Kier molecular flexibility index (Phi) is 2.48. The van der Waals surface area contributed by atoms with Crippen LogP contribution in [0.5, 0.6) is 5.75 Å². The molecule has 1 N–H and O–H groups in total. The molecule has 0 aliphatic carbocycles. The van der Waals surface area contributed by atoms with E-state index in [4.69, 9.17) is 5.11 Å². The first kappa shape index (κ1) is 10.9. The van der Waals surface area contributed by atoms with E-state index in [1.807, 2.05) is 0 Å². The third-order valence-electron chi connectivity index (χ3n) is 1.94. The van der Waals surface area contributed by atoms with Gasteiger partial charge in [0.15, 0.2) is 17.4 Å². The monoisotopic (exact) mass is 204 g/mol. The number of rotatable bonds is 0. The van der Waals surface area contributed by atoms with Crippen molar-refractivity contribution in [2.24, 2.45) is 0 Å². The molecule has 1 rings (SSSR count). The lowest BCUT2D eigenvalue weighted by atomic mass is 9.86. The zero-order valence-corrected chi connectivity index (χ0v) is 8.16. The van der Waals surface area contributed by atoms with E-state index in [0.29, 0.717) is 0 Å². The zero-order valence-electron chi connectivity index (χ0n) is 8.16. The minimum atomic E-state index is -1.53. The SMILES string of the molecule is CC(C)(C)c1cc(F)c(O)c(F)c1F. The van der Waals surface area contributed by atoms with Gasteiger partial charge in [0, 0.05) is 0 Å². The third kappa shape index (κ3) is 1.69. The van der Waals surface area contributed by atoms with Crippen LogP contribution in [0.25, 0.3) is 0 Å². The van der Waals surface area contributed by atoms with Crippen LogP contribution < -0.4 is 0 Å². The van der Waals surface area contributed by atoms with Gasteiger partial charge in [-0.25, -0.2) is 8.78 Å². The molecule has 0 amide bonds. The van der Waals surface area contributed by atoms with Crippen LogP contribution in [0, 0.1) is 17.5 Å². The van der Waals surface area contributed by atoms with Gasteiger partial charge in [-0.05, 0) is 17.0 Å². The lowest BCUT2D eigenvalue weighted by Crippen LogP contribution is -2.15.